The Morgan fingerprint density at radius 3 is 2.96 bits per heavy atom. The number of anilines is 2. The van der Waals surface area contributed by atoms with E-state index < -0.39 is 0 Å². The maximum atomic E-state index is 12.6. The highest BCUT2D eigenvalue weighted by atomic mass is 16.7. The Labute approximate surface area is 161 Å². The molecule has 28 heavy (non-hydrogen) atoms. The molecule has 1 N–H and O–H groups in total. The molecule has 5 rings (SSSR count). The third kappa shape index (κ3) is 3.00. The highest BCUT2D eigenvalue weighted by Gasteiger charge is 2.22. The highest BCUT2D eigenvalue weighted by molar-refractivity contribution is 5.92. The summed E-state index contributed by atoms with van der Waals surface area (Å²) >= 11 is 0. The van der Waals surface area contributed by atoms with Crippen LogP contribution in [0.15, 0.2) is 54.7 Å². The predicted octanol–water partition coefficient (Wildman–Crippen LogP) is 2.83. The van der Waals surface area contributed by atoms with Crippen molar-refractivity contribution in [2.45, 2.75) is 13.0 Å². The lowest BCUT2D eigenvalue weighted by Gasteiger charge is -2.17. The van der Waals surface area contributed by atoms with Gasteiger partial charge in [0.05, 0.1) is 0 Å². The largest absolute Gasteiger partial charge is 0.454 e. The molecule has 2 aromatic carbocycles. The van der Waals surface area contributed by atoms with Crippen molar-refractivity contribution in [2.24, 2.45) is 0 Å². The van der Waals surface area contributed by atoms with E-state index >= 15 is 0 Å². The van der Waals surface area contributed by atoms with Crippen molar-refractivity contribution in [3.8, 4) is 11.5 Å². The third-order valence-corrected chi connectivity index (χ3v) is 4.89. The standard InChI is InChI=1S/C21H18N4O3/c26-20(23-12-14-5-6-18-19(11-14)28-13-27-18)16-7-9-22-21(24-16)25-10-8-15-3-1-2-4-17(15)25/h1-7,9,11H,8,10,12-13H2,(H,23,26). The van der Waals surface area contributed by atoms with Crippen LogP contribution in [0.5, 0.6) is 11.5 Å². The van der Waals surface area contributed by atoms with Gasteiger partial charge in [-0.3, -0.25) is 4.79 Å². The molecule has 0 saturated carbocycles. The number of carbonyl (C=O) groups excluding carboxylic acids is 1. The summed E-state index contributed by atoms with van der Waals surface area (Å²) in [6, 6.07) is 15.4. The minimum atomic E-state index is -0.242. The fourth-order valence-electron chi connectivity index (χ4n) is 3.47. The van der Waals surface area contributed by atoms with Crippen LogP contribution in [-0.4, -0.2) is 29.2 Å². The summed E-state index contributed by atoms with van der Waals surface area (Å²) in [6.45, 7) is 1.41. The van der Waals surface area contributed by atoms with Crippen molar-refractivity contribution in [3.05, 3.63) is 71.5 Å². The monoisotopic (exact) mass is 374 g/mol. The van der Waals surface area contributed by atoms with Crippen LogP contribution in [0.4, 0.5) is 11.6 Å². The molecular weight excluding hydrogens is 356 g/mol. The highest BCUT2D eigenvalue weighted by Crippen LogP contribution is 2.33. The van der Waals surface area contributed by atoms with Gasteiger partial charge in [0.15, 0.2) is 11.5 Å². The molecule has 0 bridgehead atoms. The number of rotatable bonds is 4. The van der Waals surface area contributed by atoms with Gasteiger partial charge in [0, 0.05) is 25.0 Å². The minimum Gasteiger partial charge on any atom is -0.454 e. The number of nitrogens with one attached hydrogen (secondary N) is 1. The van der Waals surface area contributed by atoms with Crippen molar-refractivity contribution in [1.82, 2.24) is 15.3 Å². The Kier molecular flexibility index (Phi) is 4.05. The number of nitrogens with zero attached hydrogens (tertiary/aromatic N) is 3. The first-order chi connectivity index (χ1) is 13.8. The molecule has 1 amide bonds. The lowest BCUT2D eigenvalue weighted by atomic mass is 10.2. The number of fused-ring (bicyclic) bond motifs is 2. The SMILES string of the molecule is O=C(NCc1ccc2c(c1)OCO2)c1ccnc(N2CCc3ccccc32)n1. The quantitative estimate of drug-likeness (QED) is 0.757. The number of amides is 1. The molecular formula is C21H18N4O3. The third-order valence-electron chi connectivity index (χ3n) is 4.89. The Hall–Kier alpha value is -3.61. The zero-order chi connectivity index (χ0) is 18.9. The fourth-order valence-corrected chi connectivity index (χ4v) is 3.47. The van der Waals surface area contributed by atoms with Crippen LogP contribution in [-0.2, 0) is 13.0 Å². The first-order valence-electron chi connectivity index (χ1n) is 9.13. The molecule has 7 heteroatoms. The normalized spacial score (nSPS) is 14.1. The molecule has 7 nitrogen and oxygen atoms in total. The zero-order valence-electron chi connectivity index (χ0n) is 15.1. The zero-order valence-corrected chi connectivity index (χ0v) is 15.1. The van der Waals surface area contributed by atoms with E-state index in [9.17, 15) is 4.79 Å². The van der Waals surface area contributed by atoms with Crippen molar-refractivity contribution in [2.75, 3.05) is 18.2 Å². The van der Waals surface area contributed by atoms with Crippen LogP contribution in [0.3, 0.4) is 0 Å². The van der Waals surface area contributed by atoms with Crippen molar-refractivity contribution in [1.29, 1.82) is 0 Å². The van der Waals surface area contributed by atoms with Crippen LogP contribution in [0.25, 0.3) is 0 Å². The summed E-state index contributed by atoms with van der Waals surface area (Å²) in [7, 11) is 0. The van der Waals surface area contributed by atoms with Crippen LogP contribution in [0, 0.1) is 0 Å². The fraction of sp³-hybridized carbons (Fsp3) is 0.190. The number of hydrogen-bond donors (Lipinski definition) is 1. The van der Waals surface area contributed by atoms with Crippen molar-refractivity contribution in [3.63, 3.8) is 0 Å². The lowest BCUT2D eigenvalue weighted by molar-refractivity contribution is 0.0945. The topological polar surface area (TPSA) is 76.6 Å². The minimum absolute atomic E-state index is 0.231. The van der Waals surface area contributed by atoms with Gasteiger partial charge in [-0.15, -0.1) is 0 Å². The van der Waals surface area contributed by atoms with E-state index in [1.54, 1.807) is 12.3 Å². The summed E-state index contributed by atoms with van der Waals surface area (Å²) < 4.78 is 10.7. The average molecular weight is 374 g/mol. The Morgan fingerprint density at radius 1 is 1.11 bits per heavy atom. The van der Waals surface area contributed by atoms with Gasteiger partial charge in [-0.2, -0.15) is 0 Å². The molecule has 3 heterocycles. The molecule has 2 aliphatic rings. The van der Waals surface area contributed by atoms with Crippen LogP contribution in [0.1, 0.15) is 21.6 Å². The van der Waals surface area contributed by atoms with Crippen LogP contribution in [0.2, 0.25) is 0 Å². The number of aromatic nitrogens is 2. The van der Waals surface area contributed by atoms with E-state index in [-0.39, 0.29) is 12.7 Å². The van der Waals surface area contributed by atoms with E-state index in [1.807, 2.05) is 35.2 Å². The molecule has 0 unspecified atom stereocenters. The van der Waals surface area contributed by atoms with E-state index in [4.69, 9.17) is 9.47 Å². The van der Waals surface area contributed by atoms with Gasteiger partial charge in [0.25, 0.3) is 5.91 Å². The van der Waals surface area contributed by atoms with Gasteiger partial charge in [-0.1, -0.05) is 24.3 Å². The molecule has 140 valence electrons. The van der Waals surface area contributed by atoms with Gasteiger partial charge in [0.2, 0.25) is 12.7 Å². The first-order valence-corrected chi connectivity index (χ1v) is 9.13. The van der Waals surface area contributed by atoms with Gasteiger partial charge in [-0.25, -0.2) is 9.97 Å². The van der Waals surface area contributed by atoms with Crippen LogP contribution >= 0.6 is 0 Å². The van der Waals surface area contributed by atoms with E-state index in [0.717, 1.165) is 30.0 Å². The second-order valence-corrected chi connectivity index (χ2v) is 6.64. The summed E-state index contributed by atoms with van der Waals surface area (Å²) in [4.78, 5) is 23.5. The summed E-state index contributed by atoms with van der Waals surface area (Å²) in [5.74, 6) is 1.72. The first kappa shape index (κ1) is 16.6. The Morgan fingerprint density at radius 2 is 2.00 bits per heavy atom. The number of para-hydroxylation sites is 1. The molecule has 0 aliphatic carbocycles. The van der Waals surface area contributed by atoms with Gasteiger partial charge < -0.3 is 19.7 Å². The molecule has 0 atom stereocenters. The summed E-state index contributed by atoms with van der Waals surface area (Å²) in [6.07, 6.45) is 2.57. The number of hydrogen-bond acceptors (Lipinski definition) is 6. The lowest BCUT2D eigenvalue weighted by Crippen LogP contribution is -2.25. The molecule has 0 radical (unpaired) electrons. The van der Waals surface area contributed by atoms with Crippen molar-refractivity contribution < 1.29 is 14.3 Å². The Bertz CT molecular complexity index is 1050. The summed E-state index contributed by atoms with van der Waals surface area (Å²) in [5.41, 5.74) is 3.64. The molecule has 1 aromatic heterocycles. The van der Waals surface area contributed by atoms with E-state index in [2.05, 4.69) is 27.4 Å². The smallest absolute Gasteiger partial charge is 0.270 e. The van der Waals surface area contributed by atoms with Gasteiger partial charge >= 0.3 is 0 Å². The Balaban J connectivity index is 1.30. The second-order valence-electron chi connectivity index (χ2n) is 6.64. The molecule has 2 aliphatic heterocycles. The van der Waals surface area contributed by atoms with Crippen molar-refractivity contribution >= 4 is 17.5 Å². The van der Waals surface area contributed by atoms with E-state index in [0.29, 0.717) is 23.9 Å². The molecule has 0 spiro atoms. The number of benzene rings is 2. The molecule has 0 saturated heterocycles. The maximum absolute atomic E-state index is 12.6. The summed E-state index contributed by atoms with van der Waals surface area (Å²) in [5, 5.41) is 2.90. The maximum Gasteiger partial charge on any atom is 0.270 e. The number of ether oxygens (including phenoxy) is 2. The van der Waals surface area contributed by atoms with Gasteiger partial charge in [0.1, 0.15) is 5.69 Å². The molecule has 0 fully saturated rings. The second kappa shape index (κ2) is 6.84. The van der Waals surface area contributed by atoms with Gasteiger partial charge in [-0.05, 0) is 41.8 Å². The van der Waals surface area contributed by atoms with Crippen LogP contribution < -0.4 is 19.7 Å². The number of carbonyl (C=O) groups is 1. The van der Waals surface area contributed by atoms with E-state index in [1.165, 1.54) is 5.56 Å². The predicted molar refractivity (Wildman–Crippen MR) is 103 cm³/mol. The molecule has 3 aromatic rings. The average Bonchev–Trinajstić information content (AvgIpc) is 3.38.